The first-order valence-corrected chi connectivity index (χ1v) is 7.16. The maximum absolute atomic E-state index is 12.9. The molecule has 0 bridgehead atoms. The first-order valence-electron chi connectivity index (χ1n) is 6.39. The molecule has 2 rings (SSSR count). The van der Waals surface area contributed by atoms with E-state index in [1.54, 1.807) is 12.1 Å². The predicted molar refractivity (Wildman–Crippen MR) is 79.4 cm³/mol. The molecular weight excluding hydrogens is 349 g/mol. The molecule has 0 fully saturated rings. The highest BCUT2D eigenvalue weighted by atomic mass is 32.1. The van der Waals surface area contributed by atoms with E-state index in [4.69, 9.17) is 4.74 Å². The van der Waals surface area contributed by atoms with Gasteiger partial charge in [-0.2, -0.15) is 17.5 Å². The molecule has 0 radical (unpaired) electrons. The summed E-state index contributed by atoms with van der Waals surface area (Å²) >= 11 is 0.340. The molecule has 128 valence electrons. The van der Waals surface area contributed by atoms with Gasteiger partial charge in [-0.1, -0.05) is 12.1 Å². The van der Waals surface area contributed by atoms with Crippen molar-refractivity contribution >= 4 is 28.4 Å². The van der Waals surface area contributed by atoms with E-state index in [2.05, 4.69) is 14.4 Å². The van der Waals surface area contributed by atoms with Crippen molar-refractivity contribution in [1.29, 1.82) is 0 Å². The number of carbonyl (C=O) groups is 2. The summed E-state index contributed by atoms with van der Waals surface area (Å²) in [6, 6.07) is 6.14. The van der Waals surface area contributed by atoms with Crippen molar-refractivity contribution < 1.29 is 32.2 Å². The van der Waals surface area contributed by atoms with E-state index in [1.165, 1.54) is 19.2 Å². The molecule has 0 spiro atoms. The number of hydrogen-bond donors (Lipinski definition) is 1. The number of esters is 1. The first-order chi connectivity index (χ1) is 11.3. The van der Waals surface area contributed by atoms with E-state index >= 15 is 0 Å². The molecule has 0 atom stereocenters. The zero-order valence-electron chi connectivity index (χ0n) is 12.4. The zero-order valence-corrected chi connectivity index (χ0v) is 13.2. The van der Waals surface area contributed by atoms with E-state index in [1.807, 2.05) is 0 Å². The summed E-state index contributed by atoms with van der Waals surface area (Å²) in [6.07, 6.45) is -4.85. The topological polar surface area (TPSA) is 77.5 Å². The van der Waals surface area contributed by atoms with E-state index in [0.29, 0.717) is 11.5 Å². The number of rotatable bonds is 4. The Morgan fingerprint density at radius 2 is 1.88 bits per heavy atom. The lowest BCUT2D eigenvalue weighted by Gasteiger charge is -2.09. The van der Waals surface area contributed by atoms with Crippen LogP contribution >= 0.6 is 11.5 Å². The third-order valence-corrected chi connectivity index (χ3v) is 3.69. The minimum absolute atomic E-state index is 0.0952. The fourth-order valence-electron chi connectivity index (χ4n) is 1.86. The lowest BCUT2D eigenvalue weighted by atomic mass is 10.2. The highest BCUT2D eigenvalue weighted by Gasteiger charge is 2.41. The zero-order chi connectivity index (χ0) is 17.9. The molecule has 1 amide bonds. The third-order valence-electron chi connectivity index (χ3n) is 2.93. The van der Waals surface area contributed by atoms with Gasteiger partial charge in [0, 0.05) is 0 Å². The molecule has 0 saturated heterocycles. The number of hydrogen-bond acceptors (Lipinski definition) is 6. The molecule has 0 unspecified atom stereocenters. The molecule has 0 aliphatic rings. The fourth-order valence-corrected chi connectivity index (χ4v) is 2.65. The number of benzene rings is 1. The minimum atomic E-state index is -4.85. The molecule has 0 aliphatic carbocycles. The van der Waals surface area contributed by atoms with Crippen LogP contribution in [0.2, 0.25) is 0 Å². The van der Waals surface area contributed by atoms with Crippen molar-refractivity contribution in [2.24, 2.45) is 0 Å². The molecule has 1 aromatic carbocycles. The summed E-state index contributed by atoms with van der Waals surface area (Å²) in [5.41, 5.74) is -2.15. The summed E-state index contributed by atoms with van der Waals surface area (Å²) in [7, 11) is 2.28. The highest BCUT2D eigenvalue weighted by molar-refractivity contribution is 7.11. The van der Waals surface area contributed by atoms with E-state index < -0.39 is 29.3 Å². The van der Waals surface area contributed by atoms with Crippen LogP contribution in [0.4, 0.5) is 18.2 Å². The van der Waals surface area contributed by atoms with Crippen LogP contribution in [0.5, 0.6) is 5.75 Å². The van der Waals surface area contributed by atoms with Crippen molar-refractivity contribution in [3.05, 3.63) is 41.1 Å². The van der Waals surface area contributed by atoms with Crippen LogP contribution in [0.15, 0.2) is 24.3 Å². The van der Waals surface area contributed by atoms with Crippen LogP contribution in [-0.4, -0.2) is 30.5 Å². The van der Waals surface area contributed by atoms with Gasteiger partial charge in [0.15, 0.2) is 5.69 Å². The summed E-state index contributed by atoms with van der Waals surface area (Å²) in [6.45, 7) is 0. The van der Waals surface area contributed by atoms with Gasteiger partial charge in [0.25, 0.3) is 5.91 Å². The number of para-hydroxylation sites is 1. The van der Waals surface area contributed by atoms with Gasteiger partial charge in [-0.3, -0.25) is 4.79 Å². The summed E-state index contributed by atoms with van der Waals surface area (Å²) < 4.78 is 51.4. The number of halogens is 3. The number of methoxy groups -OCH3 is 2. The monoisotopic (exact) mass is 360 g/mol. The lowest BCUT2D eigenvalue weighted by molar-refractivity contribution is -0.141. The fraction of sp³-hybridized carbons (Fsp3) is 0.214. The van der Waals surface area contributed by atoms with Crippen molar-refractivity contribution in [2.45, 2.75) is 6.18 Å². The van der Waals surface area contributed by atoms with Gasteiger partial charge in [-0.15, -0.1) is 0 Å². The number of anilines is 1. The molecule has 0 aliphatic heterocycles. The Kier molecular flexibility index (Phi) is 5.07. The third kappa shape index (κ3) is 3.48. The summed E-state index contributed by atoms with van der Waals surface area (Å²) in [5, 5.41) is 1.89. The Morgan fingerprint density at radius 1 is 1.21 bits per heavy atom. The van der Waals surface area contributed by atoms with Gasteiger partial charge in [0.2, 0.25) is 0 Å². The maximum atomic E-state index is 12.9. The maximum Gasteiger partial charge on any atom is 0.435 e. The number of nitrogens with one attached hydrogen (secondary N) is 1. The van der Waals surface area contributed by atoms with E-state index in [0.717, 1.165) is 7.11 Å². The smallest absolute Gasteiger partial charge is 0.435 e. The van der Waals surface area contributed by atoms with Gasteiger partial charge in [0.05, 0.1) is 19.8 Å². The average molecular weight is 360 g/mol. The molecule has 0 saturated carbocycles. The van der Waals surface area contributed by atoms with Crippen molar-refractivity contribution in [3.8, 4) is 5.75 Å². The number of nitrogens with zero attached hydrogens (tertiary/aromatic N) is 1. The van der Waals surface area contributed by atoms with Gasteiger partial charge >= 0.3 is 12.1 Å². The standard InChI is InChI=1S/C14H11F3N2O4S/c1-22-8-6-4-3-5-7(8)11(20)18-12-9(13(21)23-2)10(19-24-12)14(15,16)17/h3-6H,1-2H3,(H,18,20). The molecule has 6 nitrogen and oxygen atoms in total. The van der Waals surface area contributed by atoms with Crippen molar-refractivity contribution in [2.75, 3.05) is 19.5 Å². The molecule has 1 heterocycles. The minimum Gasteiger partial charge on any atom is -0.496 e. The van der Waals surface area contributed by atoms with E-state index in [9.17, 15) is 22.8 Å². The van der Waals surface area contributed by atoms with Gasteiger partial charge in [0.1, 0.15) is 16.3 Å². The average Bonchev–Trinajstić information content (AvgIpc) is 2.97. The number of amides is 1. The summed E-state index contributed by atoms with van der Waals surface area (Å²) in [5.74, 6) is -1.75. The number of ether oxygens (including phenoxy) is 2. The van der Waals surface area contributed by atoms with Crippen LogP contribution in [0, 0.1) is 0 Å². The normalized spacial score (nSPS) is 11.0. The second-order valence-electron chi connectivity index (χ2n) is 4.38. The molecule has 1 N–H and O–H groups in total. The second kappa shape index (κ2) is 6.87. The van der Waals surface area contributed by atoms with Crippen LogP contribution in [-0.2, 0) is 10.9 Å². The van der Waals surface area contributed by atoms with Gasteiger partial charge < -0.3 is 14.8 Å². The number of carbonyl (C=O) groups excluding carboxylic acids is 2. The van der Waals surface area contributed by atoms with E-state index in [-0.39, 0.29) is 16.3 Å². The molecule has 24 heavy (non-hydrogen) atoms. The van der Waals surface area contributed by atoms with Gasteiger partial charge in [-0.05, 0) is 23.7 Å². The Bertz CT molecular complexity index is 774. The molecule has 10 heteroatoms. The van der Waals surface area contributed by atoms with Crippen LogP contribution < -0.4 is 10.1 Å². The predicted octanol–water partition coefficient (Wildman–Crippen LogP) is 3.21. The quantitative estimate of drug-likeness (QED) is 0.847. The Labute approximate surface area is 138 Å². The van der Waals surface area contributed by atoms with Crippen molar-refractivity contribution in [3.63, 3.8) is 0 Å². The first kappa shape index (κ1) is 17.7. The van der Waals surface area contributed by atoms with Gasteiger partial charge in [-0.25, -0.2) is 4.79 Å². The Hall–Kier alpha value is -2.62. The largest absolute Gasteiger partial charge is 0.496 e. The van der Waals surface area contributed by atoms with Crippen molar-refractivity contribution in [1.82, 2.24) is 4.37 Å². The van der Waals surface area contributed by atoms with Crippen LogP contribution in [0.25, 0.3) is 0 Å². The molecule has 2 aromatic rings. The molecule has 1 aromatic heterocycles. The number of aromatic nitrogens is 1. The highest BCUT2D eigenvalue weighted by Crippen LogP contribution is 2.37. The summed E-state index contributed by atoms with van der Waals surface area (Å²) in [4.78, 5) is 23.9. The van der Waals surface area contributed by atoms with Crippen LogP contribution in [0.1, 0.15) is 26.4 Å². The Balaban J connectivity index is 2.41. The molecular formula is C14H11F3N2O4S. The number of alkyl halides is 3. The SMILES string of the molecule is COC(=O)c1c(C(F)(F)F)nsc1NC(=O)c1ccccc1OC. The van der Waals surface area contributed by atoms with Crippen LogP contribution in [0.3, 0.4) is 0 Å². The lowest BCUT2D eigenvalue weighted by Crippen LogP contribution is -2.17. The second-order valence-corrected chi connectivity index (χ2v) is 5.15. The Morgan fingerprint density at radius 3 is 2.46 bits per heavy atom.